The van der Waals surface area contributed by atoms with Gasteiger partial charge in [0.1, 0.15) is 17.2 Å². The van der Waals surface area contributed by atoms with Gasteiger partial charge < -0.3 is 25.4 Å². The zero-order valence-corrected chi connectivity index (χ0v) is 17.9. The van der Waals surface area contributed by atoms with E-state index in [2.05, 4.69) is 31.0 Å². The fourth-order valence-corrected chi connectivity index (χ4v) is 3.85. The number of rotatable bonds is 8. The van der Waals surface area contributed by atoms with Gasteiger partial charge in [0.05, 0.1) is 43.4 Å². The Labute approximate surface area is 183 Å². The number of halogens is 2. The summed E-state index contributed by atoms with van der Waals surface area (Å²) in [6.07, 6.45) is 5.60. The summed E-state index contributed by atoms with van der Waals surface area (Å²) in [5.41, 5.74) is 0.766. The van der Waals surface area contributed by atoms with E-state index in [1.807, 2.05) is 13.2 Å². The molecule has 12 heteroatoms. The summed E-state index contributed by atoms with van der Waals surface area (Å²) < 4.78 is 13.5. The second-order valence-corrected chi connectivity index (χ2v) is 8.02. The van der Waals surface area contributed by atoms with Crippen molar-refractivity contribution in [1.29, 1.82) is 0 Å². The number of hydrogen-bond donors (Lipinski definition) is 3. The molecule has 4 atom stereocenters. The maximum atomic E-state index is 12.0. The molecule has 0 aromatic carbocycles. The van der Waals surface area contributed by atoms with Crippen molar-refractivity contribution >= 4 is 46.6 Å². The smallest absolute Gasteiger partial charge is 0.229 e. The van der Waals surface area contributed by atoms with Crippen LogP contribution in [0.25, 0.3) is 0 Å². The lowest BCUT2D eigenvalue weighted by molar-refractivity contribution is -0.122. The summed E-state index contributed by atoms with van der Waals surface area (Å²) in [5, 5.41) is 13.8. The molecule has 30 heavy (non-hydrogen) atoms. The van der Waals surface area contributed by atoms with Crippen LogP contribution in [0.1, 0.15) is 12.8 Å². The summed E-state index contributed by atoms with van der Waals surface area (Å²) in [7, 11) is 1.83. The highest BCUT2D eigenvalue weighted by Crippen LogP contribution is 2.31. The van der Waals surface area contributed by atoms with E-state index in [1.54, 1.807) is 10.9 Å². The molecule has 4 rings (SSSR count). The Kier molecular flexibility index (Phi) is 6.57. The van der Waals surface area contributed by atoms with Gasteiger partial charge in [-0.25, -0.2) is 4.98 Å². The highest BCUT2D eigenvalue weighted by atomic mass is 35.5. The SMILES string of the molecule is Cn1cc(Nc2ncc(Cl)c(N[C@@H]3COC4C3OC[C@@H]4NC(=O)CCCCl)n2)cn1. The van der Waals surface area contributed by atoms with E-state index in [0.29, 0.717) is 48.7 Å². The number of ether oxygens (including phenoxy) is 2. The third-order valence-corrected chi connectivity index (χ3v) is 5.51. The zero-order chi connectivity index (χ0) is 21.1. The Hall–Kier alpha value is -2.14. The highest BCUT2D eigenvalue weighted by molar-refractivity contribution is 6.32. The fourth-order valence-electron chi connectivity index (χ4n) is 3.57. The molecule has 3 N–H and O–H groups in total. The van der Waals surface area contributed by atoms with Crippen molar-refractivity contribution in [3.05, 3.63) is 23.6 Å². The number of anilines is 3. The van der Waals surface area contributed by atoms with Crippen LogP contribution in [0, 0.1) is 0 Å². The van der Waals surface area contributed by atoms with Gasteiger partial charge in [0.15, 0.2) is 5.82 Å². The summed E-state index contributed by atoms with van der Waals surface area (Å²) >= 11 is 11.9. The van der Waals surface area contributed by atoms with Crippen LogP contribution in [-0.4, -0.2) is 69.0 Å². The van der Waals surface area contributed by atoms with Crippen molar-refractivity contribution in [2.24, 2.45) is 7.05 Å². The quantitative estimate of drug-likeness (QED) is 0.515. The molecular weight excluding hydrogens is 433 g/mol. The van der Waals surface area contributed by atoms with E-state index in [9.17, 15) is 4.79 Å². The van der Waals surface area contributed by atoms with E-state index in [0.717, 1.165) is 5.69 Å². The van der Waals surface area contributed by atoms with Gasteiger partial charge in [0.25, 0.3) is 0 Å². The normalized spacial score (nSPS) is 25.2. The molecule has 2 fully saturated rings. The van der Waals surface area contributed by atoms with Crippen molar-refractivity contribution in [1.82, 2.24) is 25.1 Å². The van der Waals surface area contributed by atoms with E-state index in [4.69, 9.17) is 32.7 Å². The molecule has 2 aromatic rings. The summed E-state index contributed by atoms with van der Waals surface area (Å²) in [6.45, 7) is 0.806. The van der Waals surface area contributed by atoms with Crippen LogP contribution in [0.5, 0.6) is 0 Å². The first kappa shape index (κ1) is 21.1. The van der Waals surface area contributed by atoms with Crippen LogP contribution in [-0.2, 0) is 21.3 Å². The number of amides is 1. The largest absolute Gasteiger partial charge is 0.371 e. The first-order valence-electron chi connectivity index (χ1n) is 9.67. The molecule has 2 aromatic heterocycles. The monoisotopic (exact) mass is 455 g/mol. The van der Waals surface area contributed by atoms with E-state index >= 15 is 0 Å². The molecule has 1 amide bonds. The summed E-state index contributed by atoms with van der Waals surface area (Å²) in [5.74, 6) is 1.28. The lowest BCUT2D eigenvalue weighted by Gasteiger charge is -2.19. The van der Waals surface area contributed by atoms with Crippen LogP contribution in [0.4, 0.5) is 17.5 Å². The first-order valence-corrected chi connectivity index (χ1v) is 10.6. The van der Waals surface area contributed by atoms with Gasteiger partial charge in [0.2, 0.25) is 11.9 Å². The minimum absolute atomic E-state index is 0.0464. The van der Waals surface area contributed by atoms with Crippen LogP contribution < -0.4 is 16.0 Å². The van der Waals surface area contributed by atoms with Gasteiger partial charge in [-0.15, -0.1) is 11.6 Å². The van der Waals surface area contributed by atoms with Gasteiger partial charge in [-0.05, 0) is 6.42 Å². The number of nitrogens with zero attached hydrogens (tertiary/aromatic N) is 4. The number of nitrogens with one attached hydrogen (secondary N) is 3. The molecule has 2 aliphatic rings. The third-order valence-electron chi connectivity index (χ3n) is 4.96. The molecule has 0 bridgehead atoms. The van der Waals surface area contributed by atoms with Crippen molar-refractivity contribution in [2.45, 2.75) is 37.1 Å². The molecule has 2 aliphatic heterocycles. The maximum absolute atomic E-state index is 12.0. The molecule has 0 saturated carbocycles. The minimum atomic E-state index is -0.226. The van der Waals surface area contributed by atoms with Gasteiger partial charge in [-0.3, -0.25) is 9.48 Å². The van der Waals surface area contributed by atoms with Gasteiger partial charge in [-0.1, -0.05) is 11.6 Å². The van der Waals surface area contributed by atoms with Crippen molar-refractivity contribution in [3.63, 3.8) is 0 Å². The average molecular weight is 456 g/mol. The standard InChI is InChI=1S/C18H23Cl2N7O3/c1-27-7-10(5-22-27)23-18-21-6-11(20)17(26-18)25-13-9-30-15-12(8-29-16(13)15)24-14(28)3-2-4-19/h5-7,12-13,15-16H,2-4,8-9H2,1H3,(H,24,28)(H2,21,23,25,26)/t12-,13+,15?,16?/m0/s1. The average Bonchev–Trinajstić information content (AvgIpc) is 3.42. The number of aryl methyl sites for hydroxylation is 1. The van der Waals surface area contributed by atoms with Crippen molar-refractivity contribution in [2.75, 3.05) is 29.7 Å². The van der Waals surface area contributed by atoms with E-state index < -0.39 is 0 Å². The number of alkyl halides is 1. The zero-order valence-electron chi connectivity index (χ0n) is 16.3. The van der Waals surface area contributed by atoms with Gasteiger partial charge in [-0.2, -0.15) is 10.1 Å². The molecule has 2 unspecified atom stereocenters. The van der Waals surface area contributed by atoms with Gasteiger partial charge >= 0.3 is 0 Å². The molecule has 2 saturated heterocycles. The highest BCUT2D eigenvalue weighted by Gasteiger charge is 2.48. The number of hydrogen-bond acceptors (Lipinski definition) is 8. The van der Waals surface area contributed by atoms with Crippen LogP contribution in [0.2, 0.25) is 5.02 Å². The van der Waals surface area contributed by atoms with Crippen molar-refractivity contribution in [3.8, 4) is 0 Å². The second-order valence-electron chi connectivity index (χ2n) is 7.23. The minimum Gasteiger partial charge on any atom is -0.371 e. The summed E-state index contributed by atoms with van der Waals surface area (Å²) in [4.78, 5) is 20.7. The van der Waals surface area contributed by atoms with E-state index in [-0.39, 0.29) is 30.2 Å². The molecule has 0 radical (unpaired) electrons. The van der Waals surface area contributed by atoms with Crippen LogP contribution >= 0.6 is 23.2 Å². The second kappa shape index (κ2) is 9.34. The molecule has 0 spiro atoms. The fraction of sp³-hybridized carbons (Fsp3) is 0.556. The van der Waals surface area contributed by atoms with Crippen LogP contribution in [0.15, 0.2) is 18.6 Å². The Morgan fingerprint density at radius 2 is 2.03 bits per heavy atom. The molecular formula is C18H23Cl2N7O3. The Morgan fingerprint density at radius 3 is 2.77 bits per heavy atom. The van der Waals surface area contributed by atoms with Crippen molar-refractivity contribution < 1.29 is 14.3 Å². The summed E-state index contributed by atoms with van der Waals surface area (Å²) in [6, 6.07) is -0.341. The van der Waals surface area contributed by atoms with E-state index in [1.165, 1.54) is 6.20 Å². The van der Waals surface area contributed by atoms with Crippen LogP contribution in [0.3, 0.4) is 0 Å². The number of aromatic nitrogens is 4. The lowest BCUT2D eigenvalue weighted by Crippen LogP contribution is -2.44. The molecule has 162 valence electrons. The number of carbonyl (C=O) groups excluding carboxylic acids is 1. The lowest BCUT2D eigenvalue weighted by atomic mass is 10.1. The molecule has 0 aliphatic carbocycles. The Morgan fingerprint density at radius 1 is 1.27 bits per heavy atom. The predicted molar refractivity (Wildman–Crippen MR) is 112 cm³/mol. The topological polar surface area (TPSA) is 115 Å². The maximum Gasteiger partial charge on any atom is 0.229 e. The first-order chi connectivity index (χ1) is 14.5. The number of carbonyl (C=O) groups is 1. The Bertz CT molecular complexity index is 896. The number of fused-ring (bicyclic) bond motifs is 1. The predicted octanol–water partition coefficient (Wildman–Crippen LogP) is 1.69. The van der Waals surface area contributed by atoms with Gasteiger partial charge in [0, 0.05) is 25.5 Å². The third kappa shape index (κ3) is 4.77. The molecule has 10 nitrogen and oxygen atoms in total. The molecule has 4 heterocycles. The Balaban J connectivity index is 1.38.